The highest BCUT2D eigenvalue weighted by atomic mass is 19.4. The van der Waals surface area contributed by atoms with E-state index in [1.165, 1.54) is 6.92 Å². The van der Waals surface area contributed by atoms with Crippen molar-refractivity contribution in [3.05, 3.63) is 0 Å². The molecule has 68 valence electrons. The molecule has 0 rings (SSSR count). The van der Waals surface area contributed by atoms with Gasteiger partial charge in [-0.2, -0.15) is 13.2 Å². The number of rotatable bonds is 3. The van der Waals surface area contributed by atoms with E-state index in [9.17, 15) is 13.2 Å². The number of hydrogen-bond acceptors (Lipinski definition) is 1. The molecule has 0 heterocycles. The highest BCUT2D eigenvalue weighted by molar-refractivity contribution is 4.71. The van der Waals surface area contributed by atoms with Crippen molar-refractivity contribution >= 4 is 0 Å². The first kappa shape index (κ1) is 10.8. The normalized spacial score (nSPS) is 18.0. The molecule has 4 heteroatoms. The van der Waals surface area contributed by atoms with Crippen molar-refractivity contribution in [3.63, 3.8) is 0 Å². The van der Waals surface area contributed by atoms with Crippen molar-refractivity contribution in [2.24, 2.45) is 5.92 Å². The quantitative estimate of drug-likeness (QED) is 0.689. The molecular weight excluding hydrogens is 157 g/mol. The zero-order valence-electron chi connectivity index (χ0n) is 6.65. The molecule has 1 N–H and O–H groups in total. The Morgan fingerprint density at radius 3 is 1.91 bits per heavy atom. The molecule has 2 atom stereocenters. The molecule has 0 saturated heterocycles. The van der Waals surface area contributed by atoms with Crippen molar-refractivity contribution in [1.82, 2.24) is 0 Å². The summed E-state index contributed by atoms with van der Waals surface area (Å²) in [6.07, 6.45) is -5.12. The molecule has 0 aromatic heterocycles. The number of halogens is 3. The average molecular weight is 170 g/mol. The molecule has 0 fully saturated rings. The average Bonchev–Trinajstić information content (AvgIpc) is 1.79. The van der Waals surface area contributed by atoms with Gasteiger partial charge in [-0.05, 0) is 13.3 Å². The molecule has 0 saturated carbocycles. The van der Waals surface area contributed by atoms with Gasteiger partial charge in [0.2, 0.25) is 0 Å². The van der Waals surface area contributed by atoms with E-state index < -0.39 is 18.2 Å². The third-order valence-corrected chi connectivity index (χ3v) is 1.60. The first-order chi connectivity index (χ1) is 4.89. The van der Waals surface area contributed by atoms with Crippen LogP contribution in [0.3, 0.4) is 0 Å². The fourth-order valence-electron chi connectivity index (χ4n) is 0.989. The molecule has 0 radical (unpaired) electrons. The van der Waals surface area contributed by atoms with Crippen molar-refractivity contribution in [1.29, 1.82) is 0 Å². The van der Waals surface area contributed by atoms with Crippen LogP contribution in [0, 0.1) is 5.92 Å². The molecule has 0 amide bonds. The van der Waals surface area contributed by atoms with Gasteiger partial charge in [-0.1, -0.05) is 13.3 Å². The Hall–Kier alpha value is -0.250. The van der Waals surface area contributed by atoms with Gasteiger partial charge < -0.3 is 5.11 Å². The molecule has 0 aromatic rings. The summed E-state index contributed by atoms with van der Waals surface area (Å²) >= 11 is 0. The first-order valence-electron chi connectivity index (χ1n) is 3.64. The van der Waals surface area contributed by atoms with Gasteiger partial charge in [-0.3, -0.25) is 0 Å². The van der Waals surface area contributed by atoms with Gasteiger partial charge in [-0.25, -0.2) is 0 Å². The summed E-state index contributed by atoms with van der Waals surface area (Å²) in [5, 5.41) is 8.76. The number of aliphatic hydroxyl groups excluding tert-OH is 1. The first-order valence-corrected chi connectivity index (χ1v) is 3.64. The summed E-state index contributed by atoms with van der Waals surface area (Å²) < 4.78 is 36.0. The van der Waals surface area contributed by atoms with Crippen LogP contribution in [0.25, 0.3) is 0 Å². The van der Waals surface area contributed by atoms with Crippen LogP contribution in [0.5, 0.6) is 0 Å². The Kier molecular flexibility index (Phi) is 3.86. The molecule has 0 bridgehead atoms. The maximum atomic E-state index is 12.0. The van der Waals surface area contributed by atoms with Gasteiger partial charge in [0, 0.05) is 0 Å². The Morgan fingerprint density at radius 1 is 1.36 bits per heavy atom. The number of aliphatic hydroxyl groups is 1. The summed E-state index contributed by atoms with van der Waals surface area (Å²) in [5.74, 6) is -1.56. The molecular formula is C7H13F3O. The number of hydrogen-bond donors (Lipinski definition) is 1. The summed E-state index contributed by atoms with van der Waals surface area (Å²) in [6, 6.07) is 0. The smallest absolute Gasteiger partial charge is 0.393 e. The second-order valence-corrected chi connectivity index (χ2v) is 2.68. The SMILES string of the molecule is CCCC(C(C)O)C(F)(F)F. The minimum Gasteiger partial charge on any atom is -0.393 e. The van der Waals surface area contributed by atoms with Crippen molar-refractivity contribution in [2.75, 3.05) is 0 Å². The van der Waals surface area contributed by atoms with Gasteiger partial charge >= 0.3 is 6.18 Å². The van der Waals surface area contributed by atoms with E-state index in [1.54, 1.807) is 6.92 Å². The van der Waals surface area contributed by atoms with E-state index in [0.717, 1.165) is 0 Å². The minimum absolute atomic E-state index is 0.00116. The number of alkyl halides is 3. The second-order valence-electron chi connectivity index (χ2n) is 2.68. The van der Waals surface area contributed by atoms with Crippen LogP contribution in [-0.2, 0) is 0 Å². The monoisotopic (exact) mass is 170 g/mol. The summed E-state index contributed by atoms with van der Waals surface area (Å²) in [4.78, 5) is 0. The largest absolute Gasteiger partial charge is 0.394 e. The molecule has 11 heavy (non-hydrogen) atoms. The lowest BCUT2D eigenvalue weighted by molar-refractivity contribution is -0.199. The van der Waals surface area contributed by atoms with Gasteiger partial charge in [-0.15, -0.1) is 0 Å². The topological polar surface area (TPSA) is 20.2 Å². The molecule has 0 aliphatic carbocycles. The fourth-order valence-corrected chi connectivity index (χ4v) is 0.989. The Bertz CT molecular complexity index is 109. The Balaban J connectivity index is 4.10. The third-order valence-electron chi connectivity index (χ3n) is 1.60. The Labute approximate surface area is 64.2 Å². The molecule has 0 aliphatic rings. The minimum atomic E-state index is -4.26. The maximum absolute atomic E-state index is 12.0. The predicted molar refractivity (Wildman–Crippen MR) is 36.1 cm³/mol. The van der Waals surface area contributed by atoms with Gasteiger partial charge in [0.1, 0.15) is 0 Å². The molecule has 0 aromatic carbocycles. The Morgan fingerprint density at radius 2 is 1.82 bits per heavy atom. The van der Waals surface area contributed by atoms with Crippen LogP contribution in [0.15, 0.2) is 0 Å². The standard InChI is InChI=1S/C7H13F3O/c1-3-4-6(5(2)11)7(8,9)10/h5-6,11H,3-4H2,1-2H3. The third kappa shape index (κ3) is 3.60. The lowest BCUT2D eigenvalue weighted by atomic mass is 9.98. The van der Waals surface area contributed by atoms with E-state index in [1.807, 2.05) is 0 Å². The lowest BCUT2D eigenvalue weighted by Crippen LogP contribution is -2.32. The van der Waals surface area contributed by atoms with Crippen LogP contribution in [-0.4, -0.2) is 17.4 Å². The van der Waals surface area contributed by atoms with Crippen molar-refractivity contribution in [3.8, 4) is 0 Å². The van der Waals surface area contributed by atoms with E-state index >= 15 is 0 Å². The van der Waals surface area contributed by atoms with Gasteiger partial charge in [0.15, 0.2) is 0 Å². The van der Waals surface area contributed by atoms with E-state index in [2.05, 4.69) is 0 Å². The van der Waals surface area contributed by atoms with Gasteiger partial charge in [0.25, 0.3) is 0 Å². The van der Waals surface area contributed by atoms with Crippen LogP contribution in [0.4, 0.5) is 13.2 Å². The van der Waals surface area contributed by atoms with Crippen LogP contribution in [0.1, 0.15) is 26.7 Å². The summed E-state index contributed by atoms with van der Waals surface area (Å²) in [5.41, 5.74) is 0. The molecule has 2 unspecified atom stereocenters. The molecule has 0 aliphatic heterocycles. The van der Waals surface area contributed by atoms with Gasteiger partial charge in [0.05, 0.1) is 12.0 Å². The summed E-state index contributed by atoms with van der Waals surface area (Å²) in [7, 11) is 0. The van der Waals surface area contributed by atoms with Crippen molar-refractivity contribution < 1.29 is 18.3 Å². The highest BCUT2D eigenvalue weighted by Gasteiger charge is 2.41. The maximum Gasteiger partial charge on any atom is 0.394 e. The predicted octanol–water partition coefficient (Wildman–Crippen LogP) is 2.35. The van der Waals surface area contributed by atoms with E-state index in [-0.39, 0.29) is 6.42 Å². The summed E-state index contributed by atoms with van der Waals surface area (Å²) in [6.45, 7) is 2.84. The van der Waals surface area contributed by atoms with Crippen LogP contribution < -0.4 is 0 Å². The molecule has 0 spiro atoms. The zero-order chi connectivity index (χ0) is 9.07. The lowest BCUT2D eigenvalue weighted by Gasteiger charge is -2.21. The van der Waals surface area contributed by atoms with Crippen LogP contribution in [0.2, 0.25) is 0 Å². The highest BCUT2D eigenvalue weighted by Crippen LogP contribution is 2.32. The van der Waals surface area contributed by atoms with E-state index in [4.69, 9.17) is 5.11 Å². The van der Waals surface area contributed by atoms with Crippen molar-refractivity contribution in [2.45, 2.75) is 39.0 Å². The second kappa shape index (κ2) is 3.95. The zero-order valence-corrected chi connectivity index (χ0v) is 6.65. The fraction of sp³-hybridized carbons (Fsp3) is 1.00. The van der Waals surface area contributed by atoms with Crippen LogP contribution >= 0.6 is 0 Å². The van der Waals surface area contributed by atoms with E-state index in [0.29, 0.717) is 6.42 Å². The molecule has 1 nitrogen and oxygen atoms in total.